The Morgan fingerprint density at radius 2 is 1.87 bits per heavy atom. The van der Waals surface area contributed by atoms with E-state index >= 15 is 0 Å². The maximum atomic E-state index is 13.2. The predicted molar refractivity (Wildman–Crippen MR) is 109 cm³/mol. The molecule has 0 N–H and O–H groups in total. The molecule has 1 aromatic heterocycles. The number of carbonyl (C=O) groups is 1. The average molecular weight is 410 g/mol. The Hall–Kier alpha value is -3.35. The molecule has 1 aliphatic rings. The number of aromatic nitrogens is 1. The van der Waals surface area contributed by atoms with Gasteiger partial charge in [-0.25, -0.2) is 4.39 Å². The minimum atomic E-state index is -0.292. The number of hydrogen-bond donors (Lipinski definition) is 0. The van der Waals surface area contributed by atoms with E-state index in [1.165, 1.54) is 12.1 Å². The second-order valence-corrected chi connectivity index (χ2v) is 7.14. The van der Waals surface area contributed by atoms with Crippen LogP contribution < -0.4 is 9.47 Å². The van der Waals surface area contributed by atoms with E-state index in [-0.39, 0.29) is 11.7 Å². The van der Waals surface area contributed by atoms with Gasteiger partial charge >= 0.3 is 0 Å². The van der Waals surface area contributed by atoms with Gasteiger partial charge in [0.05, 0.1) is 20.3 Å². The molecule has 156 valence electrons. The Morgan fingerprint density at radius 1 is 1.13 bits per heavy atom. The number of methoxy groups -OCH3 is 1. The molecule has 0 atom stereocenters. The molecule has 6 nitrogen and oxygen atoms in total. The SMILES string of the molecule is COc1ccc(OCCCC(=O)N2CCc3c(noc3-c3ccc(F)cc3)C2)cc1. The summed E-state index contributed by atoms with van der Waals surface area (Å²) in [5.74, 6) is 1.97. The molecule has 1 aliphatic heterocycles. The molecule has 0 unspecified atom stereocenters. The van der Waals surface area contributed by atoms with Crippen LogP contribution in [0.4, 0.5) is 4.39 Å². The number of ether oxygens (including phenoxy) is 2. The lowest BCUT2D eigenvalue weighted by molar-refractivity contribution is -0.132. The van der Waals surface area contributed by atoms with Crippen molar-refractivity contribution in [3.05, 3.63) is 65.6 Å². The van der Waals surface area contributed by atoms with Gasteiger partial charge in [-0.1, -0.05) is 5.16 Å². The highest BCUT2D eigenvalue weighted by molar-refractivity contribution is 5.76. The molecule has 0 radical (unpaired) electrons. The Labute approximate surface area is 174 Å². The van der Waals surface area contributed by atoms with Crippen LogP contribution >= 0.6 is 0 Å². The summed E-state index contributed by atoms with van der Waals surface area (Å²) in [5.41, 5.74) is 2.55. The maximum Gasteiger partial charge on any atom is 0.223 e. The molecule has 0 saturated carbocycles. The van der Waals surface area contributed by atoms with E-state index in [4.69, 9.17) is 14.0 Å². The Kier molecular flexibility index (Phi) is 5.97. The van der Waals surface area contributed by atoms with E-state index in [9.17, 15) is 9.18 Å². The summed E-state index contributed by atoms with van der Waals surface area (Å²) in [7, 11) is 1.62. The van der Waals surface area contributed by atoms with Crippen molar-refractivity contribution in [1.82, 2.24) is 10.1 Å². The molecule has 0 aliphatic carbocycles. The van der Waals surface area contributed by atoms with Crippen molar-refractivity contribution in [3.8, 4) is 22.8 Å². The Morgan fingerprint density at radius 3 is 2.60 bits per heavy atom. The van der Waals surface area contributed by atoms with E-state index in [1.807, 2.05) is 24.3 Å². The van der Waals surface area contributed by atoms with Gasteiger partial charge in [0.25, 0.3) is 0 Å². The summed E-state index contributed by atoms with van der Waals surface area (Å²) < 4.78 is 29.5. The summed E-state index contributed by atoms with van der Waals surface area (Å²) in [6.07, 6.45) is 1.71. The molecule has 3 aromatic rings. The van der Waals surface area contributed by atoms with Crippen molar-refractivity contribution in [3.63, 3.8) is 0 Å². The number of nitrogens with zero attached hydrogens (tertiary/aromatic N) is 2. The fourth-order valence-corrected chi connectivity index (χ4v) is 3.52. The highest BCUT2D eigenvalue weighted by Crippen LogP contribution is 2.30. The highest BCUT2D eigenvalue weighted by Gasteiger charge is 2.27. The molecular weight excluding hydrogens is 387 g/mol. The summed E-state index contributed by atoms with van der Waals surface area (Å²) in [6.45, 7) is 1.51. The van der Waals surface area contributed by atoms with E-state index in [0.717, 1.165) is 28.3 Å². The zero-order valence-corrected chi connectivity index (χ0v) is 16.8. The van der Waals surface area contributed by atoms with Crippen LogP contribution in [0.15, 0.2) is 53.1 Å². The first kappa shape index (κ1) is 19.9. The van der Waals surface area contributed by atoms with Crippen LogP contribution in [0.2, 0.25) is 0 Å². The normalized spacial score (nSPS) is 13.1. The van der Waals surface area contributed by atoms with Crippen molar-refractivity contribution in [2.24, 2.45) is 0 Å². The van der Waals surface area contributed by atoms with Crippen molar-refractivity contribution in [2.45, 2.75) is 25.8 Å². The van der Waals surface area contributed by atoms with Gasteiger partial charge in [0.2, 0.25) is 5.91 Å². The first-order valence-electron chi connectivity index (χ1n) is 9.92. The zero-order chi connectivity index (χ0) is 20.9. The minimum absolute atomic E-state index is 0.0744. The number of carbonyl (C=O) groups excluding carboxylic acids is 1. The molecule has 0 saturated heterocycles. The third kappa shape index (κ3) is 4.45. The molecule has 2 heterocycles. The summed E-state index contributed by atoms with van der Waals surface area (Å²) >= 11 is 0. The molecule has 30 heavy (non-hydrogen) atoms. The second-order valence-electron chi connectivity index (χ2n) is 7.14. The van der Waals surface area contributed by atoms with Gasteiger partial charge in [-0.05, 0) is 61.4 Å². The lowest BCUT2D eigenvalue weighted by Gasteiger charge is -2.26. The topological polar surface area (TPSA) is 64.8 Å². The fraction of sp³-hybridized carbons (Fsp3) is 0.304. The lowest BCUT2D eigenvalue weighted by atomic mass is 10.0. The predicted octanol–water partition coefficient (Wildman–Crippen LogP) is 4.23. The van der Waals surface area contributed by atoms with Gasteiger partial charge in [0.1, 0.15) is 23.0 Å². The molecule has 1 amide bonds. The van der Waals surface area contributed by atoms with E-state index in [0.29, 0.717) is 44.7 Å². The summed E-state index contributed by atoms with van der Waals surface area (Å²) in [4.78, 5) is 14.4. The number of amides is 1. The molecular formula is C23H23FN2O4. The van der Waals surface area contributed by atoms with Crippen LogP contribution in [0.3, 0.4) is 0 Å². The molecule has 2 aromatic carbocycles. The highest BCUT2D eigenvalue weighted by atomic mass is 19.1. The summed E-state index contributed by atoms with van der Waals surface area (Å²) in [6, 6.07) is 13.5. The van der Waals surface area contributed by atoms with E-state index in [2.05, 4.69) is 5.16 Å². The quantitative estimate of drug-likeness (QED) is 0.546. The molecule has 0 spiro atoms. The van der Waals surface area contributed by atoms with Gasteiger partial charge in [-0.3, -0.25) is 4.79 Å². The zero-order valence-electron chi connectivity index (χ0n) is 16.8. The summed E-state index contributed by atoms with van der Waals surface area (Å²) in [5, 5.41) is 4.14. The first-order chi connectivity index (χ1) is 14.6. The van der Waals surface area contributed by atoms with Crippen molar-refractivity contribution >= 4 is 5.91 Å². The standard InChI is InChI=1S/C23H23FN2O4/c1-28-18-8-10-19(11-9-18)29-14-2-3-22(27)26-13-12-20-21(15-26)25-30-23(20)16-4-6-17(24)7-5-16/h4-11H,2-3,12-15H2,1H3. The average Bonchev–Trinajstić information content (AvgIpc) is 3.21. The number of halogens is 1. The molecule has 0 bridgehead atoms. The van der Waals surface area contributed by atoms with Crippen LogP contribution in [0.1, 0.15) is 24.1 Å². The van der Waals surface area contributed by atoms with Gasteiger partial charge in [-0.15, -0.1) is 0 Å². The van der Waals surface area contributed by atoms with Crippen LogP contribution in [0.25, 0.3) is 11.3 Å². The van der Waals surface area contributed by atoms with E-state index in [1.54, 1.807) is 24.1 Å². The Balaban J connectivity index is 1.28. The molecule has 7 heteroatoms. The number of hydrogen-bond acceptors (Lipinski definition) is 5. The second kappa shape index (κ2) is 8.98. The van der Waals surface area contributed by atoms with Crippen molar-refractivity contribution in [2.75, 3.05) is 20.3 Å². The van der Waals surface area contributed by atoms with Gasteiger partial charge in [0.15, 0.2) is 5.76 Å². The molecule has 4 rings (SSSR count). The van der Waals surface area contributed by atoms with Gasteiger partial charge in [-0.2, -0.15) is 0 Å². The van der Waals surface area contributed by atoms with Gasteiger partial charge in [0, 0.05) is 24.1 Å². The first-order valence-corrected chi connectivity index (χ1v) is 9.92. The van der Waals surface area contributed by atoms with Crippen LogP contribution in [0, 0.1) is 5.82 Å². The van der Waals surface area contributed by atoms with Crippen LogP contribution in [0.5, 0.6) is 11.5 Å². The van der Waals surface area contributed by atoms with Crippen LogP contribution in [-0.2, 0) is 17.8 Å². The number of fused-ring (bicyclic) bond motifs is 1. The Bertz CT molecular complexity index is 999. The number of rotatable bonds is 7. The van der Waals surface area contributed by atoms with Gasteiger partial charge < -0.3 is 18.9 Å². The van der Waals surface area contributed by atoms with Crippen molar-refractivity contribution < 1.29 is 23.2 Å². The third-order valence-corrected chi connectivity index (χ3v) is 5.16. The third-order valence-electron chi connectivity index (χ3n) is 5.16. The van der Waals surface area contributed by atoms with Crippen molar-refractivity contribution in [1.29, 1.82) is 0 Å². The largest absolute Gasteiger partial charge is 0.497 e. The fourth-order valence-electron chi connectivity index (χ4n) is 3.52. The lowest BCUT2D eigenvalue weighted by Crippen LogP contribution is -2.36. The monoisotopic (exact) mass is 410 g/mol. The maximum absolute atomic E-state index is 13.2. The minimum Gasteiger partial charge on any atom is -0.497 e. The molecule has 0 fully saturated rings. The number of benzene rings is 2. The van der Waals surface area contributed by atoms with E-state index < -0.39 is 0 Å². The smallest absolute Gasteiger partial charge is 0.223 e. The van der Waals surface area contributed by atoms with Crippen LogP contribution in [-0.4, -0.2) is 36.2 Å².